The average molecular weight is 260 g/mol. The van der Waals surface area contributed by atoms with E-state index in [1.54, 1.807) is 0 Å². The van der Waals surface area contributed by atoms with Crippen LogP contribution in [-0.2, 0) is 11.0 Å². The fourth-order valence-corrected chi connectivity index (χ4v) is 1.48. The van der Waals surface area contributed by atoms with Gasteiger partial charge in [-0.05, 0) is 24.6 Å². The van der Waals surface area contributed by atoms with Gasteiger partial charge in [0.15, 0.2) is 0 Å². The van der Waals surface area contributed by atoms with Crippen LogP contribution in [0.1, 0.15) is 34.3 Å². The summed E-state index contributed by atoms with van der Waals surface area (Å²) in [7, 11) is 0. The standard InChI is InChI=1S/C11H11F3N2O2/c1-5(9(15)17)7-3-2-6(11(12,13)14)4-8(7)10(16)18/h2-5H,1H3,(H2,15,17)(H2,16,18)/t5-/m0/s1. The summed E-state index contributed by atoms with van der Waals surface area (Å²) in [6.07, 6.45) is -4.58. The first-order valence-corrected chi connectivity index (χ1v) is 4.95. The van der Waals surface area contributed by atoms with Crippen molar-refractivity contribution in [2.24, 2.45) is 11.5 Å². The zero-order chi connectivity index (χ0) is 14.1. The predicted octanol–water partition coefficient (Wildman–Crippen LogP) is 1.39. The summed E-state index contributed by atoms with van der Waals surface area (Å²) in [5.74, 6) is -2.68. The van der Waals surface area contributed by atoms with E-state index in [1.165, 1.54) is 6.92 Å². The molecule has 0 saturated carbocycles. The number of benzene rings is 1. The highest BCUT2D eigenvalue weighted by Crippen LogP contribution is 2.32. The molecular formula is C11H11F3N2O2. The largest absolute Gasteiger partial charge is 0.416 e. The molecule has 0 radical (unpaired) electrons. The van der Waals surface area contributed by atoms with E-state index in [2.05, 4.69) is 0 Å². The van der Waals surface area contributed by atoms with Crippen LogP contribution in [0.4, 0.5) is 13.2 Å². The molecule has 2 amide bonds. The fourth-order valence-electron chi connectivity index (χ4n) is 1.48. The SMILES string of the molecule is C[C@H](C(N)=O)c1ccc(C(F)(F)F)cc1C(N)=O. The molecule has 1 atom stereocenters. The molecule has 0 spiro atoms. The number of rotatable bonds is 3. The van der Waals surface area contributed by atoms with Crippen molar-refractivity contribution in [1.29, 1.82) is 0 Å². The average Bonchev–Trinajstić information content (AvgIpc) is 2.25. The molecular weight excluding hydrogens is 249 g/mol. The molecule has 7 heteroatoms. The van der Waals surface area contributed by atoms with Crippen LogP contribution < -0.4 is 11.5 Å². The van der Waals surface area contributed by atoms with Crippen LogP contribution >= 0.6 is 0 Å². The Morgan fingerprint density at radius 3 is 2.17 bits per heavy atom. The lowest BCUT2D eigenvalue weighted by Gasteiger charge is -2.14. The van der Waals surface area contributed by atoms with Crippen LogP contribution in [0, 0.1) is 0 Å². The number of carbonyl (C=O) groups excluding carboxylic acids is 2. The third kappa shape index (κ3) is 2.79. The van der Waals surface area contributed by atoms with E-state index in [9.17, 15) is 22.8 Å². The Morgan fingerprint density at radius 1 is 1.22 bits per heavy atom. The lowest BCUT2D eigenvalue weighted by Crippen LogP contribution is -2.23. The van der Waals surface area contributed by atoms with Gasteiger partial charge in [-0.1, -0.05) is 6.07 Å². The summed E-state index contributed by atoms with van der Waals surface area (Å²) in [4.78, 5) is 22.1. The Labute approximate surface area is 101 Å². The molecule has 4 nitrogen and oxygen atoms in total. The number of hydrogen-bond acceptors (Lipinski definition) is 2. The lowest BCUT2D eigenvalue weighted by atomic mass is 9.93. The van der Waals surface area contributed by atoms with E-state index in [4.69, 9.17) is 11.5 Å². The monoisotopic (exact) mass is 260 g/mol. The van der Waals surface area contributed by atoms with Crippen molar-refractivity contribution in [3.63, 3.8) is 0 Å². The van der Waals surface area contributed by atoms with Gasteiger partial charge in [0.05, 0.1) is 11.5 Å². The van der Waals surface area contributed by atoms with Gasteiger partial charge in [-0.25, -0.2) is 0 Å². The molecule has 0 aliphatic heterocycles. The predicted molar refractivity (Wildman–Crippen MR) is 57.6 cm³/mol. The summed E-state index contributed by atoms with van der Waals surface area (Å²) >= 11 is 0. The van der Waals surface area contributed by atoms with Gasteiger partial charge in [-0.2, -0.15) is 13.2 Å². The van der Waals surface area contributed by atoms with Crippen LogP contribution in [0.3, 0.4) is 0 Å². The lowest BCUT2D eigenvalue weighted by molar-refractivity contribution is -0.137. The number of amides is 2. The molecule has 0 bridgehead atoms. The van der Waals surface area contributed by atoms with Crippen LogP contribution in [0.25, 0.3) is 0 Å². The van der Waals surface area contributed by atoms with Crippen LogP contribution in [0.15, 0.2) is 18.2 Å². The number of nitrogens with two attached hydrogens (primary N) is 2. The van der Waals surface area contributed by atoms with Crippen molar-refractivity contribution >= 4 is 11.8 Å². The summed E-state index contributed by atoms with van der Waals surface area (Å²) in [6.45, 7) is 1.39. The third-order valence-corrected chi connectivity index (χ3v) is 2.54. The molecule has 0 aliphatic carbocycles. The van der Waals surface area contributed by atoms with Gasteiger partial charge in [0.1, 0.15) is 0 Å². The first-order valence-electron chi connectivity index (χ1n) is 4.95. The Hall–Kier alpha value is -2.05. The molecule has 98 valence electrons. The fraction of sp³-hybridized carbons (Fsp3) is 0.273. The minimum Gasteiger partial charge on any atom is -0.369 e. The van der Waals surface area contributed by atoms with Gasteiger partial charge in [0.25, 0.3) is 0 Å². The topological polar surface area (TPSA) is 86.2 Å². The second-order valence-electron chi connectivity index (χ2n) is 3.79. The minimum absolute atomic E-state index is 0.0861. The maximum absolute atomic E-state index is 12.5. The zero-order valence-corrected chi connectivity index (χ0v) is 9.41. The van der Waals surface area contributed by atoms with E-state index in [0.717, 1.165) is 12.1 Å². The number of hydrogen-bond donors (Lipinski definition) is 2. The van der Waals surface area contributed by atoms with E-state index in [0.29, 0.717) is 6.07 Å². The molecule has 0 heterocycles. The van der Waals surface area contributed by atoms with Gasteiger partial charge in [0.2, 0.25) is 11.8 Å². The first kappa shape index (κ1) is 14.0. The van der Waals surface area contributed by atoms with Crippen LogP contribution in [0.5, 0.6) is 0 Å². The molecule has 4 N–H and O–H groups in total. The van der Waals surface area contributed by atoms with Crippen molar-refractivity contribution in [2.75, 3.05) is 0 Å². The molecule has 1 aromatic carbocycles. The van der Waals surface area contributed by atoms with Crippen molar-refractivity contribution < 1.29 is 22.8 Å². The summed E-state index contributed by atoms with van der Waals surface area (Å²) in [5, 5.41) is 0. The van der Waals surface area contributed by atoms with Crippen LogP contribution in [0.2, 0.25) is 0 Å². The Balaban J connectivity index is 3.39. The van der Waals surface area contributed by atoms with Crippen molar-refractivity contribution in [3.8, 4) is 0 Å². The molecule has 0 aliphatic rings. The van der Waals surface area contributed by atoms with Crippen molar-refractivity contribution in [2.45, 2.75) is 19.0 Å². The summed E-state index contributed by atoms with van der Waals surface area (Å²) < 4.78 is 37.4. The van der Waals surface area contributed by atoms with Gasteiger partial charge in [-0.3, -0.25) is 9.59 Å². The normalized spacial score (nSPS) is 13.1. The Bertz CT molecular complexity index is 498. The molecule has 1 aromatic rings. The number of primary amides is 2. The Kier molecular flexibility index (Phi) is 3.64. The van der Waals surface area contributed by atoms with Gasteiger partial charge >= 0.3 is 6.18 Å². The number of alkyl halides is 3. The van der Waals surface area contributed by atoms with E-state index < -0.39 is 29.5 Å². The van der Waals surface area contributed by atoms with E-state index >= 15 is 0 Å². The van der Waals surface area contributed by atoms with Gasteiger partial charge in [0, 0.05) is 5.56 Å². The molecule has 0 fully saturated rings. The first-order chi connectivity index (χ1) is 8.14. The van der Waals surface area contributed by atoms with E-state index in [-0.39, 0.29) is 11.1 Å². The smallest absolute Gasteiger partial charge is 0.369 e. The third-order valence-electron chi connectivity index (χ3n) is 2.54. The number of halogens is 3. The summed E-state index contributed by atoms with van der Waals surface area (Å²) in [6, 6.07) is 2.44. The van der Waals surface area contributed by atoms with Gasteiger partial charge < -0.3 is 11.5 Å². The second kappa shape index (κ2) is 4.67. The minimum atomic E-state index is -4.58. The highest BCUT2D eigenvalue weighted by atomic mass is 19.4. The molecule has 0 aromatic heterocycles. The highest BCUT2D eigenvalue weighted by molar-refractivity contribution is 5.96. The Morgan fingerprint density at radius 2 is 1.78 bits per heavy atom. The molecule has 0 unspecified atom stereocenters. The van der Waals surface area contributed by atoms with Crippen LogP contribution in [-0.4, -0.2) is 11.8 Å². The summed E-state index contributed by atoms with van der Waals surface area (Å²) in [5.41, 5.74) is 8.79. The molecule has 18 heavy (non-hydrogen) atoms. The number of carbonyl (C=O) groups is 2. The second-order valence-corrected chi connectivity index (χ2v) is 3.79. The van der Waals surface area contributed by atoms with Crippen molar-refractivity contribution in [3.05, 3.63) is 34.9 Å². The molecule has 0 saturated heterocycles. The zero-order valence-electron chi connectivity index (χ0n) is 9.41. The maximum Gasteiger partial charge on any atom is 0.416 e. The maximum atomic E-state index is 12.5. The molecule has 1 rings (SSSR count). The highest BCUT2D eigenvalue weighted by Gasteiger charge is 2.32. The quantitative estimate of drug-likeness (QED) is 0.860. The van der Waals surface area contributed by atoms with Gasteiger partial charge in [-0.15, -0.1) is 0 Å². The van der Waals surface area contributed by atoms with Crippen molar-refractivity contribution in [1.82, 2.24) is 0 Å². The van der Waals surface area contributed by atoms with E-state index in [1.807, 2.05) is 0 Å².